The maximum atomic E-state index is 9.35. The van der Waals surface area contributed by atoms with Crippen molar-refractivity contribution in [3.63, 3.8) is 0 Å². The number of rotatable bonds is 6. The van der Waals surface area contributed by atoms with Crippen molar-refractivity contribution in [2.75, 3.05) is 0 Å². The summed E-state index contributed by atoms with van der Waals surface area (Å²) in [6.45, 7) is 0. The monoisotopic (exact) mass is 621 g/mol. The van der Waals surface area contributed by atoms with Gasteiger partial charge in [-0.05, 0) is 120 Å². The molecule has 4 aromatic carbocycles. The molecule has 4 fully saturated rings. The molecule has 0 N–H and O–H groups in total. The van der Waals surface area contributed by atoms with E-state index in [-0.39, 0.29) is 0 Å². The molecule has 2 aromatic heterocycles. The first-order valence-corrected chi connectivity index (χ1v) is 17.1. The minimum atomic E-state index is 0.348. The van der Waals surface area contributed by atoms with Crippen LogP contribution in [0.5, 0.6) is 0 Å². The van der Waals surface area contributed by atoms with Crippen LogP contribution in [-0.2, 0) is 5.41 Å². The van der Waals surface area contributed by atoms with Crippen LogP contribution in [0.25, 0.3) is 56.5 Å². The summed E-state index contributed by atoms with van der Waals surface area (Å²) in [6.07, 6.45) is 10.2. The molecule has 0 radical (unpaired) electrons. The summed E-state index contributed by atoms with van der Waals surface area (Å²) < 4.78 is 0. The Bertz CT molecular complexity index is 2110. The zero-order valence-corrected chi connectivity index (χ0v) is 26.8. The average Bonchev–Trinajstić information content (AvgIpc) is 3.15. The Kier molecular flexibility index (Phi) is 6.97. The average molecular weight is 622 g/mol. The summed E-state index contributed by atoms with van der Waals surface area (Å²) >= 11 is 0. The molecule has 0 atom stereocenters. The van der Waals surface area contributed by atoms with Gasteiger partial charge in [-0.15, -0.1) is 0 Å². The van der Waals surface area contributed by atoms with Gasteiger partial charge in [-0.25, -0.2) is 15.0 Å². The summed E-state index contributed by atoms with van der Waals surface area (Å²) in [5.41, 5.74) is 9.37. The Morgan fingerprint density at radius 1 is 0.542 bits per heavy atom. The fourth-order valence-corrected chi connectivity index (χ4v) is 9.20. The van der Waals surface area contributed by atoms with Gasteiger partial charge >= 0.3 is 0 Å². The van der Waals surface area contributed by atoms with Gasteiger partial charge in [0.2, 0.25) is 0 Å². The molecule has 5 nitrogen and oxygen atoms in total. The molecule has 0 unspecified atom stereocenters. The predicted octanol–water partition coefficient (Wildman–Crippen LogP) is 9.94. The largest absolute Gasteiger partial charge is 0.253 e. The molecule has 0 aliphatic heterocycles. The van der Waals surface area contributed by atoms with E-state index >= 15 is 0 Å². The van der Waals surface area contributed by atoms with E-state index in [9.17, 15) is 5.26 Å². The zero-order chi connectivity index (χ0) is 32.1. The van der Waals surface area contributed by atoms with Crippen LogP contribution in [0.2, 0.25) is 0 Å². The minimum Gasteiger partial charge on any atom is -0.253 e. The van der Waals surface area contributed by atoms with Gasteiger partial charge in [-0.2, -0.15) is 5.26 Å². The van der Waals surface area contributed by atoms with Gasteiger partial charge in [0.15, 0.2) is 17.5 Å². The third-order valence-electron chi connectivity index (χ3n) is 11.0. The molecule has 5 heteroatoms. The molecule has 0 saturated heterocycles. The number of aromatic nitrogens is 4. The number of hydrogen-bond acceptors (Lipinski definition) is 5. The molecule has 4 aliphatic rings. The second-order valence-electron chi connectivity index (χ2n) is 14.1. The number of pyridine rings is 1. The van der Waals surface area contributed by atoms with Crippen LogP contribution in [0.15, 0.2) is 121 Å². The van der Waals surface area contributed by atoms with Crippen LogP contribution in [0.4, 0.5) is 0 Å². The van der Waals surface area contributed by atoms with Gasteiger partial charge in [0.1, 0.15) is 5.69 Å². The van der Waals surface area contributed by atoms with E-state index in [0.29, 0.717) is 34.1 Å². The first-order valence-electron chi connectivity index (χ1n) is 17.1. The summed E-state index contributed by atoms with van der Waals surface area (Å²) in [4.78, 5) is 19.6. The maximum absolute atomic E-state index is 9.35. The molecule has 0 amide bonds. The third kappa shape index (κ3) is 5.18. The van der Waals surface area contributed by atoms with Crippen LogP contribution in [0.3, 0.4) is 0 Å². The van der Waals surface area contributed by atoms with Crippen molar-refractivity contribution in [3.05, 3.63) is 133 Å². The molecule has 4 saturated carbocycles. The molecule has 6 aromatic rings. The van der Waals surface area contributed by atoms with Crippen LogP contribution in [-0.4, -0.2) is 19.9 Å². The fourth-order valence-electron chi connectivity index (χ4n) is 9.20. The summed E-state index contributed by atoms with van der Waals surface area (Å²) in [7, 11) is 0. The van der Waals surface area contributed by atoms with E-state index in [0.717, 1.165) is 51.1 Å². The van der Waals surface area contributed by atoms with Gasteiger partial charge in [-0.3, -0.25) is 4.98 Å². The van der Waals surface area contributed by atoms with Gasteiger partial charge in [0, 0.05) is 17.3 Å². The normalized spacial score (nSPS) is 22.4. The number of nitrogens with zero attached hydrogens (tertiary/aromatic N) is 5. The lowest BCUT2D eigenvalue weighted by Gasteiger charge is -2.57. The highest BCUT2D eigenvalue weighted by Crippen LogP contribution is 2.60. The quantitative estimate of drug-likeness (QED) is 0.185. The highest BCUT2D eigenvalue weighted by atomic mass is 15.0. The molecule has 4 aliphatic carbocycles. The molecule has 232 valence electrons. The smallest absolute Gasteiger partial charge is 0.182 e. The molecule has 10 rings (SSSR count). The highest BCUT2D eigenvalue weighted by Gasteiger charge is 2.51. The Labute approximate surface area is 281 Å². The van der Waals surface area contributed by atoms with E-state index in [2.05, 4.69) is 77.8 Å². The summed E-state index contributed by atoms with van der Waals surface area (Å²) in [5.74, 6) is 4.54. The minimum absolute atomic E-state index is 0.348. The van der Waals surface area contributed by atoms with Gasteiger partial charge in [-0.1, -0.05) is 84.9 Å². The Balaban J connectivity index is 1.14. The van der Waals surface area contributed by atoms with Crippen LogP contribution in [0, 0.1) is 29.1 Å². The van der Waals surface area contributed by atoms with Crippen molar-refractivity contribution in [2.45, 2.75) is 43.9 Å². The first-order chi connectivity index (χ1) is 23.6. The Morgan fingerprint density at radius 2 is 1.12 bits per heavy atom. The van der Waals surface area contributed by atoms with Crippen molar-refractivity contribution in [2.24, 2.45) is 17.8 Å². The van der Waals surface area contributed by atoms with Crippen molar-refractivity contribution in [1.29, 1.82) is 5.26 Å². The molecular formula is C43H35N5. The van der Waals surface area contributed by atoms with Crippen molar-refractivity contribution >= 4 is 0 Å². The second-order valence-corrected chi connectivity index (χ2v) is 14.1. The number of nitriles is 1. The second kappa shape index (κ2) is 11.6. The lowest BCUT2D eigenvalue weighted by Crippen LogP contribution is -2.48. The molecule has 48 heavy (non-hydrogen) atoms. The topological polar surface area (TPSA) is 75.3 Å². The van der Waals surface area contributed by atoms with E-state index < -0.39 is 0 Å². The molecular weight excluding hydrogens is 587 g/mol. The van der Waals surface area contributed by atoms with Crippen molar-refractivity contribution < 1.29 is 0 Å². The zero-order valence-electron chi connectivity index (χ0n) is 26.8. The maximum Gasteiger partial charge on any atom is 0.182 e. The van der Waals surface area contributed by atoms with E-state index in [4.69, 9.17) is 15.0 Å². The first kappa shape index (κ1) is 28.7. The standard InChI is InChI=1S/C43H35N5/c44-27-28-9-11-33(12-10-28)37-18-15-35(23-38(37)32-6-2-1-3-7-32)41-46-40(47-42(48-41)39-8-4-5-19-45-39)34-13-16-36(17-14-34)43-24-29-20-30(25-43)22-31(21-29)26-43/h1-19,23,29-31H,20-22,24-26H2/t29-,30+,31?,43?. The van der Waals surface area contributed by atoms with E-state index in [1.54, 1.807) is 6.20 Å². The lowest BCUT2D eigenvalue weighted by atomic mass is 9.48. The number of benzene rings is 4. The van der Waals surface area contributed by atoms with Gasteiger partial charge in [0.25, 0.3) is 0 Å². The third-order valence-corrected chi connectivity index (χ3v) is 11.0. The SMILES string of the molecule is N#Cc1ccc(-c2ccc(-c3nc(-c4ccc(C56CC7C[C@H](C5)C[C@@H](C7)C6)cc4)nc(-c4ccccn4)n3)cc2-c2ccccc2)cc1. The fraction of sp³-hybridized carbons (Fsp3) is 0.233. The van der Waals surface area contributed by atoms with Crippen molar-refractivity contribution in [1.82, 2.24) is 19.9 Å². The Hall–Kier alpha value is -5.47. The van der Waals surface area contributed by atoms with Crippen LogP contribution in [0.1, 0.15) is 49.7 Å². The Morgan fingerprint density at radius 3 is 1.77 bits per heavy atom. The van der Waals surface area contributed by atoms with Crippen LogP contribution >= 0.6 is 0 Å². The number of hydrogen-bond donors (Lipinski definition) is 0. The lowest BCUT2D eigenvalue weighted by molar-refractivity contribution is -0.00518. The highest BCUT2D eigenvalue weighted by molar-refractivity contribution is 5.86. The molecule has 4 bridgehead atoms. The predicted molar refractivity (Wildman–Crippen MR) is 189 cm³/mol. The molecule has 0 spiro atoms. The van der Waals surface area contributed by atoms with E-state index in [1.807, 2.05) is 48.5 Å². The van der Waals surface area contributed by atoms with Gasteiger partial charge in [0.05, 0.1) is 11.6 Å². The van der Waals surface area contributed by atoms with Crippen LogP contribution < -0.4 is 0 Å². The summed E-state index contributed by atoms with van der Waals surface area (Å²) in [5, 5.41) is 9.35. The molecule has 2 heterocycles. The summed E-state index contributed by atoms with van der Waals surface area (Å²) in [6, 6.07) is 41.7. The van der Waals surface area contributed by atoms with E-state index in [1.165, 1.54) is 44.1 Å². The van der Waals surface area contributed by atoms with Gasteiger partial charge < -0.3 is 0 Å². The van der Waals surface area contributed by atoms with Crippen molar-refractivity contribution in [3.8, 4) is 62.6 Å².